The molecule has 9 nitrogen and oxygen atoms in total. The molecule has 2 aromatic heterocycles. The van der Waals surface area contributed by atoms with E-state index in [4.69, 9.17) is 9.94 Å². The maximum Gasteiger partial charge on any atom is 0.435 e. The number of hydrogen-bond donors (Lipinski definition) is 3. The Bertz CT molecular complexity index is 1210. The second-order valence-corrected chi connectivity index (χ2v) is 8.47. The number of aromatic nitrogens is 2. The van der Waals surface area contributed by atoms with E-state index >= 15 is 0 Å². The number of hydrogen-bond acceptors (Lipinski definition) is 6. The Balaban J connectivity index is 1.39. The Hall–Kier alpha value is -3.64. The van der Waals surface area contributed by atoms with Crippen molar-refractivity contribution in [3.63, 3.8) is 0 Å². The molecule has 0 saturated carbocycles. The molecule has 0 aliphatic carbocycles. The van der Waals surface area contributed by atoms with Crippen molar-refractivity contribution >= 4 is 17.3 Å². The molecule has 1 aliphatic heterocycles. The number of hydroxylamine groups is 1. The quantitative estimate of drug-likeness (QED) is 0.321. The molecular weight excluding hydrogens is 479 g/mol. The van der Waals surface area contributed by atoms with E-state index < -0.39 is 29.7 Å². The fourth-order valence-electron chi connectivity index (χ4n) is 4.26. The number of benzene rings is 1. The number of carbonyl (C=O) groups is 2. The highest BCUT2D eigenvalue weighted by Crippen LogP contribution is 2.33. The van der Waals surface area contributed by atoms with Crippen molar-refractivity contribution in [3.05, 3.63) is 65.5 Å². The van der Waals surface area contributed by atoms with Gasteiger partial charge in [-0.1, -0.05) is 12.5 Å². The third-order valence-corrected chi connectivity index (χ3v) is 6.11. The minimum absolute atomic E-state index is 0.0123. The van der Waals surface area contributed by atoms with Crippen LogP contribution in [0.15, 0.2) is 48.7 Å². The third kappa shape index (κ3) is 5.77. The smallest absolute Gasteiger partial charge is 0.435 e. The zero-order valence-corrected chi connectivity index (χ0v) is 19.3. The minimum Gasteiger partial charge on any atom is -0.489 e. The summed E-state index contributed by atoms with van der Waals surface area (Å²) < 4.78 is 47.1. The fraction of sp³-hybridized carbons (Fsp3) is 0.375. The molecule has 1 fully saturated rings. The number of fused-ring (bicyclic) bond motifs is 1. The van der Waals surface area contributed by atoms with Gasteiger partial charge in [0.1, 0.15) is 18.4 Å². The Morgan fingerprint density at radius 2 is 1.81 bits per heavy atom. The zero-order chi connectivity index (χ0) is 25.7. The average molecular weight is 505 g/mol. The zero-order valence-electron chi connectivity index (χ0n) is 19.3. The molecule has 0 radical (unpaired) electrons. The van der Waals surface area contributed by atoms with Gasteiger partial charge in [0.15, 0.2) is 5.69 Å². The summed E-state index contributed by atoms with van der Waals surface area (Å²) in [4.78, 5) is 26.6. The topological polar surface area (TPSA) is 108 Å². The molecule has 36 heavy (non-hydrogen) atoms. The molecule has 1 saturated heterocycles. The van der Waals surface area contributed by atoms with E-state index in [0.717, 1.165) is 23.8 Å². The number of amides is 2. The van der Waals surface area contributed by atoms with Gasteiger partial charge in [0.2, 0.25) is 0 Å². The van der Waals surface area contributed by atoms with E-state index in [9.17, 15) is 22.8 Å². The van der Waals surface area contributed by atoms with Crippen LogP contribution in [0.4, 0.5) is 13.2 Å². The SMILES string of the molecule is O=C(NCC(C(=O)NO)N1CCCCC1)c1ccc(OCc2c(C(F)(F)F)nn3ccccc23)cc1. The van der Waals surface area contributed by atoms with Crippen LogP contribution in [0.1, 0.15) is 40.9 Å². The first-order valence-corrected chi connectivity index (χ1v) is 11.5. The average Bonchev–Trinajstić information content (AvgIpc) is 3.27. The van der Waals surface area contributed by atoms with E-state index in [0.29, 0.717) is 13.1 Å². The van der Waals surface area contributed by atoms with Gasteiger partial charge in [-0.15, -0.1) is 0 Å². The number of ether oxygens (including phenoxy) is 1. The predicted octanol–water partition coefficient (Wildman–Crippen LogP) is 3.02. The summed E-state index contributed by atoms with van der Waals surface area (Å²) in [5.41, 5.74) is 1.13. The fourth-order valence-corrected chi connectivity index (χ4v) is 4.26. The van der Waals surface area contributed by atoms with Crippen molar-refractivity contribution in [2.24, 2.45) is 0 Å². The first-order chi connectivity index (χ1) is 17.3. The van der Waals surface area contributed by atoms with Crippen molar-refractivity contribution in [2.75, 3.05) is 19.6 Å². The number of alkyl halides is 3. The molecule has 0 bridgehead atoms. The van der Waals surface area contributed by atoms with E-state index in [1.54, 1.807) is 17.6 Å². The molecule has 1 atom stereocenters. The van der Waals surface area contributed by atoms with Crippen molar-refractivity contribution in [1.29, 1.82) is 0 Å². The molecule has 4 rings (SSSR count). The summed E-state index contributed by atoms with van der Waals surface area (Å²) in [6.45, 7) is 1.05. The van der Waals surface area contributed by atoms with E-state index in [2.05, 4.69) is 10.4 Å². The molecule has 3 N–H and O–H groups in total. The van der Waals surface area contributed by atoms with Gasteiger partial charge in [0.25, 0.3) is 11.8 Å². The highest BCUT2D eigenvalue weighted by Gasteiger charge is 2.38. The van der Waals surface area contributed by atoms with Crippen LogP contribution in [0.2, 0.25) is 0 Å². The van der Waals surface area contributed by atoms with Crippen LogP contribution in [0, 0.1) is 0 Å². The van der Waals surface area contributed by atoms with E-state index in [-0.39, 0.29) is 35.5 Å². The van der Waals surface area contributed by atoms with Gasteiger partial charge in [0.05, 0.1) is 5.52 Å². The van der Waals surface area contributed by atoms with Crippen LogP contribution in [0.5, 0.6) is 5.75 Å². The Morgan fingerprint density at radius 1 is 1.08 bits per heavy atom. The Labute approximate surface area is 204 Å². The molecule has 0 spiro atoms. The second kappa shape index (κ2) is 11.0. The number of piperidine rings is 1. The molecule has 1 aromatic carbocycles. The Morgan fingerprint density at radius 3 is 2.47 bits per heavy atom. The van der Waals surface area contributed by atoms with Crippen LogP contribution in [0.25, 0.3) is 5.52 Å². The van der Waals surface area contributed by atoms with Crippen molar-refractivity contribution in [3.8, 4) is 5.75 Å². The lowest BCUT2D eigenvalue weighted by Gasteiger charge is -2.33. The number of carbonyl (C=O) groups excluding carboxylic acids is 2. The van der Waals surface area contributed by atoms with Crippen LogP contribution in [-0.4, -0.2) is 57.2 Å². The Kier molecular flexibility index (Phi) is 7.75. The number of halogens is 3. The molecule has 3 aromatic rings. The molecule has 1 unspecified atom stereocenters. The lowest BCUT2D eigenvalue weighted by atomic mass is 10.1. The van der Waals surface area contributed by atoms with Crippen LogP contribution in [-0.2, 0) is 17.6 Å². The number of nitrogens with zero attached hydrogens (tertiary/aromatic N) is 3. The van der Waals surface area contributed by atoms with Gasteiger partial charge in [-0.25, -0.2) is 10.00 Å². The summed E-state index contributed by atoms with van der Waals surface area (Å²) in [5, 5.41) is 15.4. The highest BCUT2D eigenvalue weighted by molar-refractivity contribution is 5.94. The molecule has 192 valence electrons. The van der Waals surface area contributed by atoms with Gasteiger partial charge >= 0.3 is 6.18 Å². The van der Waals surface area contributed by atoms with Crippen molar-refractivity contribution < 1.29 is 32.7 Å². The highest BCUT2D eigenvalue weighted by atomic mass is 19.4. The summed E-state index contributed by atoms with van der Waals surface area (Å²) in [5.74, 6) is -0.746. The molecule has 2 amide bonds. The van der Waals surface area contributed by atoms with Gasteiger partial charge < -0.3 is 10.1 Å². The van der Waals surface area contributed by atoms with Crippen LogP contribution >= 0.6 is 0 Å². The first kappa shape index (κ1) is 25.5. The number of likely N-dealkylation sites (tertiary alicyclic amines) is 1. The molecule has 1 aliphatic rings. The standard InChI is InChI=1S/C24H26F3N5O4/c25-24(26,27)21-18(19-6-2-5-13-32(19)29-21)15-36-17-9-7-16(8-10-17)22(33)28-14-20(23(34)30-35)31-11-3-1-4-12-31/h2,5-10,13,20,35H,1,3-4,11-12,14-15H2,(H,28,33)(H,30,34). The number of nitrogens with one attached hydrogen (secondary N) is 2. The third-order valence-electron chi connectivity index (χ3n) is 6.11. The van der Waals surface area contributed by atoms with E-state index in [1.165, 1.54) is 36.5 Å². The first-order valence-electron chi connectivity index (χ1n) is 11.5. The van der Waals surface area contributed by atoms with Crippen molar-refractivity contribution in [1.82, 2.24) is 25.3 Å². The van der Waals surface area contributed by atoms with Gasteiger partial charge in [-0.2, -0.15) is 18.3 Å². The van der Waals surface area contributed by atoms with Gasteiger partial charge in [0, 0.05) is 23.9 Å². The normalized spacial score (nSPS) is 15.4. The maximum absolute atomic E-state index is 13.5. The summed E-state index contributed by atoms with van der Waals surface area (Å²) in [6, 6.07) is 9.96. The van der Waals surface area contributed by atoms with Crippen molar-refractivity contribution in [2.45, 2.75) is 38.1 Å². The molecule has 3 heterocycles. The lowest BCUT2D eigenvalue weighted by Crippen LogP contribution is -2.53. The van der Waals surface area contributed by atoms with E-state index in [1.807, 2.05) is 4.90 Å². The maximum atomic E-state index is 13.5. The number of rotatable bonds is 8. The molecule has 12 heteroatoms. The minimum atomic E-state index is -4.63. The predicted molar refractivity (Wildman–Crippen MR) is 122 cm³/mol. The summed E-state index contributed by atoms with van der Waals surface area (Å²) >= 11 is 0. The second-order valence-electron chi connectivity index (χ2n) is 8.47. The van der Waals surface area contributed by atoms with Gasteiger partial charge in [-0.3, -0.25) is 19.7 Å². The number of pyridine rings is 1. The van der Waals surface area contributed by atoms with Crippen LogP contribution < -0.4 is 15.5 Å². The van der Waals surface area contributed by atoms with Gasteiger partial charge in [-0.05, 0) is 62.3 Å². The largest absolute Gasteiger partial charge is 0.489 e. The molecular formula is C24H26F3N5O4. The lowest BCUT2D eigenvalue weighted by molar-refractivity contribution is -0.142. The van der Waals surface area contributed by atoms with Crippen LogP contribution in [0.3, 0.4) is 0 Å². The monoisotopic (exact) mass is 505 g/mol. The summed E-state index contributed by atoms with van der Waals surface area (Å²) in [6.07, 6.45) is -0.262. The summed E-state index contributed by atoms with van der Waals surface area (Å²) in [7, 11) is 0.